The van der Waals surface area contributed by atoms with Gasteiger partial charge in [0, 0.05) is 5.39 Å². The molecular weight excluding hydrogens is 188 g/mol. The van der Waals surface area contributed by atoms with Crippen LogP contribution in [0.3, 0.4) is 0 Å². The van der Waals surface area contributed by atoms with Crippen molar-refractivity contribution in [1.29, 1.82) is 0 Å². The summed E-state index contributed by atoms with van der Waals surface area (Å²) >= 11 is 0. The molecule has 0 aromatic heterocycles. The van der Waals surface area contributed by atoms with Crippen molar-refractivity contribution in [3.63, 3.8) is 0 Å². The predicted molar refractivity (Wildman–Crippen MR) is 58.6 cm³/mol. The number of hydrogen-bond donors (Lipinski definition) is 0. The largest absolute Gasteiger partial charge is 0.483 e. The van der Waals surface area contributed by atoms with Gasteiger partial charge < -0.3 is 9.47 Å². The molecule has 2 aromatic rings. The van der Waals surface area contributed by atoms with E-state index in [4.69, 9.17) is 9.47 Å². The van der Waals surface area contributed by atoms with Gasteiger partial charge in [0.2, 0.25) is 0 Å². The van der Waals surface area contributed by atoms with E-state index in [1.807, 2.05) is 24.3 Å². The number of epoxide rings is 1. The van der Waals surface area contributed by atoms with E-state index in [0.717, 1.165) is 16.9 Å². The maximum atomic E-state index is 5.56. The molecule has 2 aromatic carbocycles. The molecule has 0 N–H and O–H groups in total. The summed E-state index contributed by atoms with van der Waals surface area (Å²) in [5.41, 5.74) is 0. The molecule has 0 amide bonds. The lowest BCUT2D eigenvalue weighted by Gasteiger charge is -2.03. The first-order valence-electron chi connectivity index (χ1n) is 4.90. The average molecular weight is 198 g/mol. The highest BCUT2D eigenvalue weighted by molar-refractivity contribution is 5.88. The average Bonchev–Trinajstić information content (AvgIpc) is 3.10. The zero-order valence-corrected chi connectivity index (χ0v) is 8.14. The summed E-state index contributed by atoms with van der Waals surface area (Å²) in [4.78, 5) is 0. The molecule has 0 spiro atoms. The zero-order chi connectivity index (χ0) is 10.1. The molecule has 0 bridgehead atoms. The van der Waals surface area contributed by atoms with E-state index in [0.29, 0.717) is 6.61 Å². The molecule has 2 heteroatoms. The van der Waals surface area contributed by atoms with Crippen molar-refractivity contribution in [2.75, 3.05) is 6.61 Å². The summed E-state index contributed by atoms with van der Waals surface area (Å²) in [5, 5.41) is 2.31. The molecule has 0 atom stereocenters. The summed E-state index contributed by atoms with van der Waals surface area (Å²) in [7, 11) is 0. The topological polar surface area (TPSA) is 21.8 Å². The molecular formula is C13H10O2. The summed E-state index contributed by atoms with van der Waals surface area (Å²) in [6, 6.07) is 14.2. The highest BCUT2D eigenvalue weighted by atomic mass is 16.6. The molecule has 0 saturated carbocycles. The third-order valence-electron chi connectivity index (χ3n) is 2.38. The minimum atomic E-state index is 0.699. The van der Waals surface area contributed by atoms with Gasteiger partial charge in [-0.2, -0.15) is 0 Å². The molecule has 1 aliphatic heterocycles. The first kappa shape index (κ1) is 8.36. The Kier molecular flexibility index (Phi) is 1.85. The SMILES string of the molecule is C(Oc1cccc2ccccc12)=C1CO1. The van der Waals surface area contributed by atoms with Crippen LogP contribution in [0.1, 0.15) is 0 Å². The third-order valence-corrected chi connectivity index (χ3v) is 2.38. The van der Waals surface area contributed by atoms with Crippen LogP contribution >= 0.6 is 0 Å². The number of hydrogen-bond acceptors (Lipinski definition) is 2. The highest BCUT2D eigenvalue weighted by Gasteiger charge is 2.13. The van der Waals surface area contributed by atoms with Crippen molar-refractivity contribution in [2.45, 2.75) is 0 Å². The van der Waals surface area contributed by atoms with Crippen LogP contribution < -0.4 is 4.74 Å². The maximum Gasteiger partial charge on any atom is 0.169 e. The van der Waals surface area contributed by atoms with E-state index in [-0.39, 0.29) is 0 Å². The van der Waals surface area contributed by atoms with E-state index >= 15 is 0 Å². The van der Waals surface area contributed by atoms with Gasteiger partial charge in [-0.3, -0.25) is 0 Å². The van der Waals surface area contributed by atoms with Crippen LogP contribution in [0.25, 0.3) is 10.8 Å². The van der Waals surface area contributed by atoms with Gasteiger partial charge in [0.1, 0.15) is 18.6 Å². The van der Waals surface area contributed by atoms with E-state index in [1.165, 1.54) is 5.39 Å². The van der Waals surface area contributed by atoms with Crippen molar-refractivity contribution < 1.29 is 9.47 Å². The molecule has 3 rings (SSSR count). The number of ether oxygens (including phenoxy) is 2. The fraction of sp³-hybridized carbons (Fsp3) is 0.0769. The second-order valence-corrected chi connectivity index (χ2v) is 3.47. The van der Waals surface area contributed by atoms with Crippen molar-refractivity contribution in [1.82, 2.24) is 0 Å². The van der Waals surface area contributed by atoms with Crippen LogP contribution in [0.4, 0.5) is 0 Å². The van der Waals surface area contributed by atoms with Gasteiger partial charge in [0.25, 0.3) is 0 Å². The highest BCUT2D eigenvalue weighted by Crippen LogP contribution is 2.26. The Morgan fingerprint density at radius 1 is 1.07 bits per heavy atom. The third kappa shape index (κ3) is 1.66. The number of benzene rings is 2. The molecule has 0 unspecified atom stereocenters. The van der Waals surface area contributed by atoms with Gasteiger partial charge in [0.15, 0.2) is 5.76 Å². The smallest absolute Gasteiger partial charge is 0.169 e. The quantitative estimate of drug-likeness (QED) is 0.546. The number of fused-ring (bicyclic) bond motifs is 1. The lowest BCUT2D eigenvalue weighted by atomic mass is 10.1. The van der Waals surface area contributed by atoms with Gasteiger partial charge in [-0.05, 0) is 11.5 Å². The molecule has 0 radical (unpaired) electrons. The Hall–Kier alpha value is -1.96. The summed E-state index contributed by atoms with van der Waals surface area (Å²) in [6.07, 6.45) is 1.67. The molecule has 1 aliphatic rings. The number of rotatable bonds is 2. The lowest BCUT2D eigenvalue weighted by molar-refractivity contribution is 0.453. The zero-order valence-electron chi connectivity index (χ0n) is 8.14. The lowest BCUT2D eigenvalue weighted by Crippen LogP contribution is -1.83. The van der Waals surface area contributed by atoms with E-state index in [1.54, 1.807) is 6.26 Å². The molecule has 0 aliphatic carbocycles. The Bertz CT molecular complexity index is 518. The van der Waals surface area contributed by atoms with Crippen LogP contribution in [0.2, 0.25) is 0 Å². The summed E-state index contributed by atoms with van der Waals surface area (Å²) in [6.45, 7) is 0.699. The van der Waals surface area contributed by atoms with Gasteiger partial charge in [-0.15, -0.1) is 0 Å². The molecule has 2 nitrogen and oxygen atoms in total. The van der Waals surface area contributed by atoms with Crippen LogP contribution in [-0.4, -0.2) is 6.61 Å². The summed E-state index contributed by atoms with van der Waals surface area (Å²) in [5.74, 6) is 1.78. The Morgan fingerprint density at radius 2 is 1.87 bits per heavy atom. The molecule has 15 heavy (non-hydrogen) atoms. The van der Waals surface area contributed by atoms with Gasteiger partial charge in [0.05, 0.1) is 0 Å². The van der Waals surface area contributed by atoms with Gasteiger partial charge >= 0.3 is 0 Å². The molecule has 1 saturated heterocycles. The van der Waals surface area contributed by atoms with Crippen LogP contribution in [0.15, 0.2) is 54.5 Å². The molecule has 1 heterocycles. The van der Waals surface area contributed by atoms with Crippen LogP contribution in [0, 0.1) is 0 Å². The first-order valence-corrected chi connectivity index (χ1v) is 4.90. The van der Waals surface area contributed by atoms with Crippen LogP contribution in [0.5, 0.6) is 5.75 Å². The Labute approximate surface area is 87.7 Å². The maximum absolute atomic E-state index is 5.56. The fourth-order valence-electron chi connectivity index (χ4n) is 1.54. The van der Waals surface area contributed by atoms with Crippen molar-refractivity contribution in [2.24, 2.45) is 0 Å². The van der Waals surface area contributed by atoms with Gasteiger partial charge in [-0.1, -0.05) is 36.4 Å². The molecule has 1 fully saturated rings. The second kappa shape index (κ2) is 3.31. The predicted octanol–water partition coefficient (Wildman–Crippen LogP) is 3.09. The van der Waals surface area contributed by atoms with E-state index < -0.39 is 0 Å². The molecule has 74 valence electrons. The van der Waals surface area contributed by atoms with E-state index in [2.05, 4.69) is 18.2 Å². The fourth-order valence-corrected chi connectivity index (χ4v) is 1.54. The van der Waals surface area contributed by atoms with Crippen LogP contribution in [-0.2, 0) is 4.74 Å². The monoisotopic (exact) mass is 198 g/mol. The van der Waals surface area contributed by atoms with Gasteiger partial charge in [-0.25, -0.2) is 0 Å². The minimum absolute atomic E-state index is 0.699. The van der Waals surface area contributed by atoms with Crippen molar-refractivity contribution in [3.05, 3.63) is 54.5 Å². The second-order valence-electron chi connectivity index (χ2n) is 3.47. The first-order chi connectivity index (χ1) is 7.43. The van der Waals surface area contributed by atoms with Crippen molar-refractivity contribution in [3.8, 4) is 5.75 Å². The van der Waals surface area contributed by atoms with E-state index in [9.17, 15) is 0 Å². The van der Waals surface area contributed by atoms with Crippen molar-refractivity contribution >= 4 is 10.8 Å². The minimum Gasteiger partial charge on any atom is -0.483 e. The Morgan fingerprint density at radius 3 is 2.73 bits per heavy atom. The summed E-state index contributed by atoms with van der Waals surface area (Å²) < 4.78 is 10.5. The normalized spacial score (nSPS) is 16.4. The standard InChI is InChI=1S/C13H10O2/c1-2-6-12-10(4-1)5-3-7-13(12)15-9-11-8-14-11/h1-7,9H,8H2. The Balaban J connectivity index is 2.04.